The highest BCUT2D eigenvalue weighted by Crippen LogP contribution is 2.42. The third-order valence-corrected chi connectivity index (χ3v) is 5.17. The monoisotopic (exact) mass is 300 g/mol. The molecule has 0 amide bonds. The molecule has 4 heteroatoms. The number of H-pyrrole nitrogens is 1. The SMILES string of the molecule is CCSc1nc2c(c(=O)[nH]1)[C@@](C)(CC)Cc1ccccc1-2. The van der Waals surface area contributed by atoms with E-state index >= 15 is 0 Å². The van der Waals surface area contributed by atoms with Crippen molar-refractivity contribution in [2.75, 3.05) is 5.75 Å². The highest BCUT2D eigenvalue weighted by molar-refractivity contribution is 7.99. The topological polar surface area (TPSA) is 45.8 Å². The fraction of sp³-hybridized carbons (Fsp3) is 0.412. The van der Waals surface area contributed by atoms with Gasteiger partial charge in [0.15, 0.2) is 5.16 Å². The molecule has 1 aromatic heterocycles. The normalized spacial score (nSPS) is 20.0. The maximum Gasteiger partial charge on any atom is 0.255 e. The van der Waals surface area contributed by atoms with E-state index in [4.69, 9.17) is 4.98 Å². The lowest BCUT2D eigenvalue weighted by Gasteiger charge is -2.34. The molecule has 0 bridgehead atoms. The number of rotatable bonds is 3. The second kappa shape index (κ2) is 5.34. The summed E-state index contributed by atoms with van der Waals surface area (Å²) in [6.07, 6.45) is 1.83. The summed E-state index contributed by atoms with van der Waals surface area (Å²) in [7, 11) is 0. The van der Waals surface area contributed by atoms with Crippen molar-refractivity contribution in [3.63, 3.8) is 0 Å². The van der Waals surface area contributed by atoms with Gasteiger partial charge in [-0.25, -0.2) is 4.98 Å². The van der Waals surface area contributed by atoms with E-state index in [0.717, 1.165) is 40.6 Å². The lowest BCUT2D eigenvalue weighted by atomic mass is 9.69. The molecule has 0 aliphatic heterocycles. The Kier molecular flexibility index (Phi) is 3.66. The van der Waals surface area contributed by atoms with Gasteiger partial charge in [-0.1, -0.05) is 56.8 Å². The predicted octanol–water partition coefficient (Wildman–Crippen LogP) is 3.77. The summed E-state index contributed by atoms with van der Waals surface area (Å²) < 4.78 is 0. The van der Waals surface area contributed by atoms with Gasteiger partial charge in [-0.2, -0.15) is 0 Å². The number of nitrogens with one attached hydrogen (secondary N) is 1. The lowest BCUT2D eigenvalue weighted by molar-refractivity contribution is 0.439. The molecule has 0 saturated heterocycles. The van der Waals surface area contributed by atoms with Crippen molar-refractivity contribution in [1.82, 2.24) is 9.97 Å². The minimum atomic E-state index is -0.139. The van der Waals surface area contributed by atoms with Gasteiger partial charge in [0.1, 0.15) is 0 Å². The summed E-state index contributed by atoms with van der Waals surface area (Å²) in [6.45, 7) is 6.38. The zero-order chi connectivity index (χ0) is 15.0. The number of hydrogen-bond acceptors (Lipinski definition) is 3. The van der Waals surface area contributed by atoms with Crippen LogP contribution in [0.4, 0.5) is 0 Å². The molecule has 110 valence electrons. The van der Waals surface area contributed by atoms with Crippen LogP contribution in [0.1, 0.15) is 38.3 Å². The zero-order valence-corrected chi connectivity index (χ0v) is 13.5. The number of nitrogens with zero attached hydrogens (tertiary/aromatic N) is 1. The Hall–Kier alpha value is -1.55. The largest absolute Gasteiger partial charge is 0.301 e. The number of benzene rings is 1. The van der Waals surface area contributed by atoms with Gasteiger partial charge in [0, 0.05) is 16.5 Å². The van der Waals surface area contributed by atoms with Gasteiger partial charge in [0.2, 0.25) is 0 Å². The van der Waals surface area contributed by atoms with Gasteiger partial charge in [-0.05, 0) is 24.2 Å². The Morgan fingerprint density at radius 3 is 2.81 bits per heavy atom. The summed E-state index contributed by atoms with van der Waals surface area (Å²) in [6, 6.07) is 8.32. The maximum absolute atomic E-state index is 12.6. The maximum atomic E-state index is 12.6. The van der Waals surface area contributed by atoms with Gasteiger partial charge in [-0.15, -0.1) is 0 Å². The van der Waals surface area contributed by atoms with Crippen LogP contribution in [-0.2, 0) is 11.8 Å². The third kappa shape index (κ3) is 2.31. The molecule has 0 spiro atoms. The molecule has 1 N–H and O–H groups in total. The fourth-order valence-electron chi connectivity index (χ4n) is 3.13. The van der Waals surface area contributed by atoms with Gasteiger partial charge >= 0.3 is 0 Å². The minimum absolute atomic E-state index is 0.0230. The van der Waals surface area contributed by atoms with Gasteiger partial charge in [-0.3, -0.25) is 4.79 Å². The van der Waals surface area contributed by atoms with E-state index < -0.39 is 0 Å². The molecule has 0 saturated carbocycles. The lowest BCUT2D eigenvalue weighted by Crippen LogP contribution is -2.36. The molecule has 3 rings (SSSR count). The standard InChI is InChI=1S/C17H20N2OS/c1-4-17(3)10-11-8-6-7-9-12(11)14-13(17)15(20)19-16(18-14)21-5-2/h6-9H,4-5,10H2,1-3H3,(H,18,19,20)/t17-/m0/s1. The Bertz CT molecular complexity index is 738. The summed E-state index contributed by atoms with van der Waals surface area (Å²) in [5.41, 5.74) is 4.02. The molecule has 21 heavy (non-hydrogen) atoms. The predicted molar refractivity (Wildman–Crippen MR) is 88.0 cm³/mol. The number of fused-ring (bicyclic) bond motifs is 3. The van der Waals surface area contributed by atoms with Crippen LogP contribution in [0.25, 0.3) is 11.3 Å². The van der Waals surface area contributed by atoms with Crippen LogP contribution in [0.15, 0.2) is 34.2 Å². The van der Waals surface area contributed by atoms with Crippen LogP contribution in [-0.4, -0.2) is 15.7 Å². The first-order valence-corrected chi connectivity index (χ1v) is 8.43. The number of aromatic amines is 1. The van der Waals surface area contributed by atoms with E-state index in [1.807, 2.05) is 6.07 Å². The molecule has 0 fully saturated rings. The number of hydrogen-bond donors (Lipinski definition) is 1. The Balaban J connectivity index is 2.32. The quantitative estimate of drug-likeness (QED) is 0.693. The van der Waals surface area contributed by atoms with Crippen molar-refractivity contribution >= 4 is 11.8 Å². The molecule has 1 aromatic carbocycles. The van der Waals surface area contributed by atoms with E-state index in [1.54, 1.807) is 11.8 Å². The summed E-state index contributed by atoms with van der Waals surface area (Å²) >= 11 is 1.58. The van der Waals surface area contributed by atoms with Crippen molar-refractivity contribution in [1.29, 1.82) is 0 Å². The summed E-state index contributed by atoms with van der Waals surface area (Å²) in [5.74, 6) is 0.897. The Morgan fingerprint density at radius 1 is 1.33 bits per heavy atom. The fourth-order valence-corrected chi connectivity index (χ4v) is 3.72. The van der Waals surface area contributed by atoms with Crippen molar-refractivity contribution in [3.8, 4) is 11.3 Å². The van der Waals surface area contributed by atoms with Crippen LogP contribution < -0.4 is 5.56 Å². The first kappa shape index (κ1) is 14.4. The Morgan fingerprint density at radius 2 is 2.10 bits per heavy atom. The van der Waals surface area contributed by atoms with E-state index in [2.05, 4.69) is 44.0 Å². The molecule has 1 aliphatic rings. The minimum Gasteiger partial charge on any atom is -0.301 e. The third-order valence-electron chi connectivity index (χ3n) is 4.42. The average Bonchev–Trinajstić information content (AvgIpc) is 2.47. The molecule has 1 atom stereocenters. The van der Waals surface area contributed by atoms with Crippen LogP contribution in [0.2, 0.25) is 0 Å². The number of aromatic nitrogens is 2. The molecule has 3 nitrogen and oxygen atoms in total. The first-order valence-electron chi connectivity index (χ1n) is 7.45. The van der Waals surface area contributed by atoms with Crippen LogP contribution >= 0.6 is 11.8 Å². The molecular formula is C17H20N2OS. The van der Waals surface area contributed by atoms with E-state index in [9.17, 15) is 4.79 Å². The Labute approximate surface area is 129 Å². The molecule has 1 heterocycles. The van der Waals surface area contributed by atoms with Crippen LogP contribution in [0, 0.1) is 0 Å². The van der Waals surface area contributed by atoms with Crippen molar-refractivity contribution in [2.45, 2.75) is 44.2 Å². The first-order chi connectivity index (χ1) is 10.1. The highest BCUT2D eigenvalue weighted by Gasteiger charge is 2.37. The van der Waals surface area contributed by atoms with Gasteiger partial charge in [0.25, 0.3) is 5.56 Å². The van der Waals surface area contributed by atoms with Crippen LogP contribution in [0.3, 0.4) is 0 Å². The van der Waals surface area contributed by atoms with E-state index in [1.165, 1.54) is 5.56 Å². The molecular weight excluding hydrogens is 280 g/mol. The highest BCUT2D eigenvalue weighted by atomic mass is 32.2. The summed E-state index contributed by atoms with van der Waals surface area (Å²) in [4.78, 5) is 20.3. The summed E-state index contributed by atoms with van der Waals surface area (Å²) in [5, 5.41) is 0.719. The van der Waals surface area contributed by atoms with Gasteiger partial charge in [0.05, 0.1) is 5.69 Å². The van der Waals surface area contributed by atoms with E-state index in [0.29, 0.717) is 0 Å². The average molecular weight is 300 g/mol. The zero-order valence-electron chi connectivity index (χ0n) is 12.7. The molecule has 0 radical (unpaired) electrons. The smallest absolute Gasteiger partial charge is 0.255 e. The molecule has 2 aromatic rings. The van der Waals surface area contributed by atoms with Crippen molar-refractivity contribution in [3.05, 3.63) is 45.7 Å². The van der Waals surface area contributed by atoms with Crippen molar-refractivity contribution < 1.29 is 0 Å². The molecule has 1 aliphatic carbocycles. The number of thioether (sulfide) groups is 1. The second-order valence-electron chi connectivity index (χ2n) is 5.78. The molecule has 0 unspecified atom stereocenters. The van der Waals surface area contributed by atoms with E-state index in [-0.39, 0.29) is 11.0 Å². The van der Waals surface area contributed by atoms with Crippen LogP contribution in [0.5, 0.6) is 0 Å². The van der Waals surface area contributed by atoms with Crippen molar-refractivity contribution in [2.24, 2.45) is 0 Å². The van der Waals surface area contributed by atoms with Gasteiger partial charge < -0.3 is 4.98 Å². The second-order valence-corrected chi connectivity index (χ2v) is 7.03.